The van der Waals surface area contributed by atoms with E-state index in [0.717, 1.165) is 12.1 Å². The average Bonchev–Trinajstić information content (AvgIpc) is 3.71. The van der Waals surface area contributed by atoms with Crippen LogP contribution in [0, 0.1) is 0 Å². The molecule has 0 unspecified atom stereocenters. The number of hydrogen-bond acceptors (Lipinski definition) is 8. The van der Waals surface area contributed by atoms with E-state index in [0.29, 0.717) is 54.7 Å². The highest BCUT2D eigenvalue weighted by molar-refractivity contribution is 7.07. The second-order valence-electron chi connectivity index (χ2n) is 8.42. The molecule has 5 rings (SSSR count). The Morgan fingerprint density at radius 2 is 1.92 bits per heavy atom. The normalized spacial score (nSPS) is 11.6. The molecule has 0 atom stereocenters. The third kappa shape index (κ3) is 6.56. The highest BCUT2D eigenvalue weighted by Gasteiger charge is 2.31. The summed E-state index contributed by atoms with van der Waals surface area (Å²) in [7, 11) is 0. The summed E-state index contributed by atoms with van der Waals surface area (Å²) in [6.45, 7) is 1.56. The summed E-state index contributed by atoms with van der Waals surface area (Å²) < 4.78 is 46.8. The lowest BCUT2D eigenvalue weighted by Gasteiger charge is -2.08. The Labute approximate surface area is 224 Å². The van der Waals surface area contributed by atoms with E-state index in [1.54, 1.807) is 52.1 Å². The maximum atomic E-state index is 13.3. The first-order chi connectivity index (χ1) is 18.9. The lowest BCUT2D eigenvalue weighted by molar-refractivity contribution is -0.137. The number of aromatic nitrogens is 5. The quantitative estimate of drug-likeness (QED) is 0.220. The molecule has 200 valence electrons. The molecule has 0 fully saturated rings. The van der Waals surface area contributed by atoms with Crippen molar-refractivity contribution in [1.82, 2.24) is 30.0 Å². The Morgan fingerprint density at radius 1 is 1.08 bits per heavy atom. The van der Waals surface area contributed by atoms with Crippen LogP contribution in [0.4, 0.5) is 18.9 Å². The van der Waals surface area contributed by atoms with Gasteiger partial charge < -0.3 is 15.1 Å². The van der Waals surface area contributed by atoms with Gasteiger partial charge in [-0.15, -0.1) is 11.3 Å². The van der Waals surface area contributed by atoms with Crippen molar-refractivity contribution >= 4 is 22.9 Å². The predicted molar refractivity (Wildman–Crippen MR) is 139 cm³/mol. The summed E-state index contributed by atoms with van der Waals surface area (Å²) in [5, 5.41) is 12.2. The molecule has 0 saturated carbocycles. The van der Waals surface area contributed by atoms with Gasteiger partial charge in [0.25, 0.3) is 5.91 Å². The van der Waals surface area contributed by atoms with Gasteiger partial charge in [-0.1, -0.05) is 12.1 Å². The molecule has 39 heavy (non-hydrogen) atoms. The van der Waals surface area contributed by atoms with Crippen LogP contribution in [-0.2, 0) is 19.3 Å². The maximum Gasteiger partial charge on any atom is 0.416 e. The van der Waals surface area contributed by atoms with Gasteiger partial charge in [0.05, 0.1) is 23.8 Å². The number of nitrogens with zero attached hydrogens (tertiary/aromatic N) is 5. The molecule has 0 spiro atoms. The van der Waals surface area contributed by atoms with E-state index < -0.39 is 11.7 Å². The van der Waals surface area contributed by atoms with E-state index >= 15 is 0 Å². The van der Waals surface area contributed by atoms with Crippen LogP contribution in [-0.4, -0.2) is 37.2 Å². The first kappa shape index (κ1) is 26.3. The Bertz CT molecular complexity index is 1520. The molecule has 2 aromatic carbocycles. The minimum absolute atomic E-state index is 0.185. The summed E-state index contributed by atoms with van der Waals surface area (Å²) in [4.78, 5) is 24.9. The highest BCUT2D eigenvalue weighted by Crippen LogP contribution is 2.32. The molecule has 0 aliphatic rings. The summed E-state index contributed by atoms with van der Waals surface area (Å²) in [5.41, 5.74) is 2.66. The van der Waals surface area contributed by atoms with Crippen LogP contribution in [0.3, 0.4) is 0 Å². The van der Waals surface area contributed by atoms with Gasteiger partial charge in [0.1, 0.15) is 12.0 Å². The van der Waals surface area contributed by atoms with Gasteiger partial charge in [0, 0.05) is 28.7 Å². The number of carbonyl (C=O) groups is 1. The zero-order valence-corrected chi connectivity index (χ0v) is 21.2. The van der Waals surface area contributed by atoms with Gasteiger partial charge in [-0.3, -0.25) is 4.79 Å². The van der Waals surface area contributed by atoms with E-state index in [-0.39, 0.29) is 17.3 Å². The summed E-state index contributed by atoms with van der Waals surface area (Å²) in [5.74, 6) is 0.929. The predicted octanol–water partition coefficient (Wildman–Crippen LogP) is 5.51. The third-order valence-corrected chi connectivity index (χ3v) is 6.26. The van der Waals surface area contributed by atoms with Gasteiger partial charge in [-0.05, 0) is 49.4 Å². The molecule has 3 heterocycles. The maximum absolute atomic E-state index is 13.3. The van der Waals surface area contributed by atoms with Crippen molar-refractivity contribution in [3.8, 4) is 22.8 Å². The van der Waals surface area contributed by atoms with Crippen molar-refractivity contribution in [3.63, 3.8) is 0 Å². The summed E-state index contributed by atoms with van der Waals surface area (Å²) in [6.07, 6.45) is -0.733. The van der Waals surface area contributed by atoms with Crippen molar-refractivity contribution in [2.24, 2.45) is 0 Å². The zero-order valence-electron chi connectivity index (χ0n) is 20.4. The van der Waals surface area contributed by atoms with Crippen molar-refractivity contribution in [2.45, 2.75) is 25.7 Å². The molecular weight excluding hydrogens is 531 g/mol. The molecule has 0 aliphatic heterocycles. The van der Waals surface area contributed by atoms with E-state index in [4.69, 9.17) is 4.42 Å². The second kappa shape index (κ2) is 11.6. The molecule has 1 amide bonds. The van der Waals surface area contributed by atoms with Crippen LogP contribution >= 0.6 is 11.3 Å². The fourth-order valence-corrected chi connectivity index (χ4v) is 4.31. The van der Waals surface area contributed by atoms with Gasteiger partial charge in [-0.2, -0.15) is 18.3 Å². The minimum Gasteiger partial charge on any atom is -0.448 e. The van der Waals surface area contributed by atoms with Crippen molar-refractivity contribution in [3.05, 3.63) is 89.0 Å². The molecule has 2 N–H and O–H groups in total. The summed E-state index contributed by atoms with van der Waals surface area (Å²) in [6, 6.07) is 11.9. The van der Waals surface area contributed by atoms with E-state index in [1.165, 1.54) is 23.7 Å². The molecule has 5 aromatic rings. The Morgan fingerprint density at radius 3 is 2.64 bits per heavy atom. The standard InChI is InChI=1S/C26H22F3N7O2S/c27-26(28,29)19-4-1-3-18(13-19)23-34-24(36(35-23)11-2-9-30-14-22-31-10-12-38-22)17-5-7-20(8-6-17)33-25(37)21-15-39-16-32-21/h1,3-8,10,12-13,15-16,30H,2,9,11,14H2,(H,33,37). The average molecular weight is 554 g/mol. The number of rotatable bonds is 10. The lowest BCUT2D eigenvalue weighted by atomic mass is 10.1. The monoisotopic (exact) mass is 553 g/mol. The molecule has 0 bridgehead atoms. The molecule has 3 aromatic heterocycles. The van der Waals surface area contributed by atoms with E-state index in [9.17, 15) is 18.0 Å². The topological polar surface area (TPSA) is 111 Å². The number of oxazole rings is 1. The van der Waals surface area contributed by atoms with Crippen LogP contribution < -0.4 is 10.6 Å². The van der Waals surface area contributed by atoms with Gasteiger partial charge in [0.2, 0.25) is 5.89 Å². The number of aryl methyl sites for hydroxylation is 1. The Kier molecular flexibility index (Phi) is 7.79. The fraction of sp³-hybridized carbons (Fsp3) is 0.192. The SMILES string of the molecule is O=C(Nc1ccc(-c2nc(-c3cccc(C(F)(F)F)c3)nn2CCCNCc2ncco2)cc1)c1cscn1. The van der Waals surface area contributed by atoms with Crippen LogP contribution in [0.15, 0.2) is 76.3 Å². The molecule has 0 saturated heterocycles. The molecule has 9 nitrogen and oxygen atoms in total. The highest BCUT2D eigenvalue weighted by atomic mass is 32.1. The van der Waals surface area contributed by atoms with Gasteiger partial charge in [-0.25, -0.2) is 19.6 Å². The number of carbonyl (C=O) groups excluding carboxylic acids is 1. The number of alkyl halides is 3. The van der Waals surface area contributed by atoms with Crippen LogP contribution in [0.5, 0.6) is 0 Å². The van der Waals surface area contributed by atoms with Crippen molar-refractivity contribution < 1.29 is 22.4 Å². The van der Waals surface area contributed by atoms with E-state index in [1.807, 2.05) is 0 Å². The number of amides is 1. The summed E-state index contributed by atoms with van der Waals surface area (Å²) >= 11 is 1.33. The number of thiazole rings is 1. The Hall–Kier alpha value is -4.36. The van der Waals surface area contributed by atoms with E-state index in [2.05, 4.69) is 30.7 Å². The molecular formula is C26H22F3N7O2S. The van der Waals surface area contributed by atoms with Crippen LogP contribution in [0.2, 0.25) is 0 Å². The molecule has 0 aliphatic carbocycles. The second-order valence-corrected chi connectivity index (χ2v) is 9.14. The molecule has 0 radical (unpaired) electrons. The van der Waals surface area contributed by atoms with Crippen molar-refractivity contribution in [2.75, 3.05) is 11.9 Å². The lowest BCUT2D eigenvalue weighted by Crippen LogP contribution is -2.17. The van der Waals surface area contributed by atoms with Gasteiger partial charge in [0.15, 0.2) is 11.6 Å². The number of hydrogen-bond donors (Lipinski definition) is 2. The first-order valence-electron chi connectivity index (χ1n) is 11.9. The smallest absolute Gasteiger partial charge is 0.416 e. The van der Waals surface area contributed by atoms with Gasteiger partial charge >= 0.3 is 6.18 Å². The van der Waals surface area contributed by atoms with Crippen LogP contribution in [0.25, 0.3) is 22.8 Å². The fourth-order valence-electron chi connectivity index (χ4n) is 3.78. The number of benzene rings is 2. The minimum atomic E-state index is -4.48. The molecule has 13 heteroatoms. The van der Waals surface area contributed by atoms with Crippen LogP contribution in [0.1, 0.15) is 28.4 Å². The Balaban J connectivity index is 1.36. The zero-order chi connectivity index (χ0) is 27.2. The number of nitrogens with one attached hydrogen (secondary N) is 2. The third-order valence-electron chi connectivity index (χ3n) is 5.67. The first-order valence-corrected chi connectivity index (χ1v) is 12.8. The number of anilines is 1. The largest absolute Gasteiger partial charge is 0.448 e. The number of halogens is 3. The van der Waals surface area contributed by atoms with Crippen molar-refractivity contribution in [1.29, 1.82) is 0 Å².